The van der Waals surface area contributed by atoms with Crippen molar-refractivity contribution in [1.29, 1.82) is 0 Å². The van der Waals surface area contributed by atoms with Gasteiger partial charge in [0.2, 0.25) is 0 Å². The van der Waals surface area contributed by atoms with E-state index in [0.717, 1.165) is 32.8 Å². The normalized spacial score (nSPS) is 12.7. The Balaban J connectivity index is 2.11. The molecule has 0 saturated carbocycles. The van der Waals surface area contributed by atoms with Crippen LogP contribution < -0.4 is 23.8 Å². The van der Waals surface area contributed by atoms with Gasteiger partial charge in [0.15, 0.2) is 23.0 Å². The Labute approximate surface area is 188 Å². The molecule has 0 atom stereocenters. The van der Waals surface area contributed by atoms with Crippen LogP contribution in [0.4, 0.5) is 10.5 Å². The second kappa shape index (κ2) is 8.70. The summed E-state index contributed by atoms with van der Waals surface area (Å²) in [5.41, 5.74) is 1.86. The third-order valence-electron chi connectivity index (χ3n) is 5.54. The van der Waals surface area contributed by atoms with Gasteiger partial charge in [0.05, 0.1) is 34.1 Å². The molecule has 7 nitrogen and oxygen atoms in total. The fourth-order valence-corrected chi connectivity index (χ4v) is 4.37. The average Bonchev–Trinajstić information content (AvgIpc) is 2.81. The van der Waals surface area contributed by atoms with E-state index in [1.807, 2.05) is 24.3 Å². The number of hydrogen-bond donors (Lipinski definition) is 0. The molecule has 8 heteroatoms. The minimum absolute atomic E-state index is 0.301. The van der Waals surface area contributed by atoms with Crippen LogP contribution in [0.3, 0.4) is 0 Å². The third kappa shape index (κ3) is 3.48. The summed E-state index contributed by atoms with van der Waals surface area (Å²) in [4.78, 5) is 14.5. The third-order valence-corrected chi connectivity index (χ3v) is 5.87. The highest BCUT2D eigenvalue weighted by atomic mass is 79.9. The fraction of sp³-hybridized carbons (Fsp3) is 0.348. The van der Waals surface area contributed by atoms with E-state index in [0.29, 0.717) is 47.9 Å². The number of benzene rings is 3. The summed E-state index contributed by atoms with van der Waals surface area (Å²) in [7, 11) is 6.44. The van der Waals surface area contributed by atoms with Gasteiger partial charge in [0, 0.05) is 22.6 Å². The lowest BCUT2D eigenvalue weighted by molar-refractivity contribution is 0.161. The van der Waals surface area contributed by atoms with Crippen LogP contribution in [0.5, 0.6) is 23.0 Å². The summed E-state index contributed by atoms with van der Waals surface area (Å²) in [6, 6.07) is 7.81. The molecule has 0 unspecified atom stereocenters. The molecule has 3 aromatic rings. The largest absolute Gasteiger partial charge is 0.493 e. The van der Waals surface area contributed by atoms with Crippen LogP contribution in [0.1, 0.15) is 5.56 Å². The predicted octanol–water partition coefficient (Wildman–Crippen LogP) is 4.92. The molecule has 0 aliphatic carbocycles. The zero-order valence-electron chi connectivity index (χ0n) is 17.9. The molecule has 1 heterocycles. The van der Waals surface area contributed by atoms with Crippen LogP contribution in [0, 0.1) is 0 Å². The molecule has 0 N–H and O–H groups in total. The Morgan fingerprint density at radius 3 is 2.29 bits per heavy atom. The van der Waals surface area contributed by atoms with Crippen molar-refractivity contribution in [3.63, 3.8) is 0 Å². The highest BCUT2D eigenvalue weighted by Crippen LogP contribution is 2.49. The van der Waals surface area contributed by atoms with Crippen LogP contribution >= 0.6 is 15.9 Å². The van der Waals surface area contributed by atoms with E-state index in [1.54, 1.807) is 33.3 Å². The molecule has 0 saturated heterocycles. The molecule has 1 aliphatic rings. The van der Waals surface area contributed by atoms with Crippen molar-refractivity contribution in [3.8, 4) is 23.0 Å². The number of nitrogens with zero attached hydrogens (tertiary/aromatic N) is 1. The Hall–Kier alpha value is -2.87. The zero-order valence-corrected chi connectivity index (χ0v) is 19.5. The maximum absolute atomic E-state index is 12.8. The zero-order chi connectivity index (χ0) is 22.1. The van der Waals surface area contributed by atoms with E-state index < -0.39 is 0 Å². The maximum Gasteiger partial charge on any atom is 0.414 e. The van der Waals surface area contributed by atoms with E-state index in [1.165, 1.54) is 0 Å². The molecule has 4 rings (SSSR count). The van der Waals surface area contributed by atoms with E-state index in [9.17, 15) is 4.79 Å². The smallest absolute Gasteiger partial charge is 0.414 e. The number of methoxy groups -OCH3 is 4. The molecular formula is C23H24BrNO6. The number of carbonyl (C=O) groups excluding carboxylic acids is 1. The average molecular weight is 490 g/mol. The lowest BCUT2D eigenvalue weighted by Gasteiger charge is -2.30. The molecular weight excluding hydrogens is 466 g/mol. The van der Waals surface area contributed by atoms with Gasteiger partial charge in [-0.1, -0.05) is 15.9 Å². The van der Waals surface area contributed by atoms with E-state index in [4.69, 9.17) is 23.7 Å². The predicted molar refractivity (Wildman–Crippen MR) is 124 cm³/mol. The number of anilines is 1. The number of amides is 1. The summed E-state index contributed by atoms with van der Waals surface area (Å²) in [6.45, 7) is 0.813. The van der Waals surface area contributed by atoms with Gasteiger partial charge >= 0.3 is 6.09 Å². The van der Waals surface area contributed by atoms with Crippen molar-refractivity contribution < 1.29 is 28.5 Å². The first kappa shape index (κ1) is 21.4. The van der Waals surface area contributed by atoms with Gasteiger partial charge < -0.3 is 23.7 Å². The van der Waals surface area contributed by atoms with Gasteiger partial charge in [-0.3, -0.25) is 4.90 Å². The molecule has 3 aromatic carbocycles. The Morgan fingerprint density at radius 2 is 1.65 bits per heavy atom. The minimum atomic E-state index is -0.374. The molecule has 31 heavy (non-hydrogen) atoms. The lowest BCUT2D eigenvalue weighted by atomic mass is 9.91. The minimum Gasteiger partial charge on any atom is -0.493 e. The van der Waals surface area contributed by atoms with E-state index in [-0.39, 0.29) is 6.09 Å². The van der Waals surface area contributed by atoms with Crippen molar-refractivity contribution in [2.75, 3.05) is 51.8 Å². The Morgan fingerprint density at radius 1 is 0.935 bits per heavy atom. The standard InChI is InChI=1S/C23H24BrNO6/c1-27-17-11-14-9-16-20-13(5-7-25(16)23(26)31-8-6-24)10-19(29-3)22(30-4)21(20)15(14)12-18(17)28-2/h9-12H,5-8H2,1-4H3. The number of alkyl halides is 1. The first-order valence-corrected chi connectivity index (χ1v) is 11.0. The van der Waals surface area contributed by atoms with Gasteiger partial charge in [-0.05, 0) is 47.0 Å². The first-order chi connectivity index (χ1) is 15.1. The second-order valence-electron chi connectivity index (χ2n) is 7.05. The summed E-state index contributed by atoms with van der Waals surface area (Å²) < 4.78 is 27.9. The molecule has 0 fully saturated rings. The van der Waals surface area contributed by atoms with E-state index in [2.05, 4.69) is 15.9 Å². The molecule has 1 amide bonds. The number of carbonyl (C=O) groups is 1. The summed E-state index contributed by atoms with van der Waals surface area (Å²) in [6.07, 6.45) is 0.299. The first-order valence-electron chi connectivity index (χ1n) is 9.84. The highest BCUT2D eigenvalue weighted by Gasteiger charge is 2.29. The monoisotopic (exact) mass is 489 g/mol. The molecule has 0 spiro atoms. The fourth-order valence-electron chi connectivity index (χ4n) is 4.20. The number of hydrogen-bond acceptors (Lipinski definition) is 6. The molecule has 1 aliphatic heterocycles. The lowest BCUT2D eigenvalue weighted by Crippen LogP contribution is -2.36. The van der Waals surface area contributed by atoms with E-state index >= 15 is 0 Å². The number of rotatable bonds is 6. The van der Waals surface area contributed by atoms with Gasteiger partial charge in [0.1, 0.15) is 6.61 Å². The van der Waals surface area contributed by atoms with Crippen LogP contribution in [0.15, 0.2) is 24.3 Å². The van der Waals surface area contributed by atoms with Crippen molar-refractivity contribution >= 4 is 49.3 Å². The molecule has 164 valence electrons. The number of ether oxygens (including phenoxy) is 5. The van der Waals surface area contributed by atoms with Gasteiger partial charge in [-0.25, -0.2) is 4.79 Å². The van der Waals surface area contributed by atoms with Gasteiger partial charge in [-0.15, -0.1) is 0 Å². The second-order valence-corrected chi connectivity index (χ2v) is 7.84. The van der Waals surface area contributed by atoms with Crippen LogP contribution in [-0.2, 0) is 11.2 Å². The molecule has 0 aromatic heterocycles. The number of halogens is 1. The van der Waals surface area contributed by atoms with Gasteiger partial charge in [-0.2, -0.15) is 0 Å². The van der Waals surface area contributed by atoms with Crippen molar-refractivity contribution in [2.24, 2.45) is 0 Å². The van der Waals surface area contributed by atoms with Crippen molar-refractivity contribution in [2.45, 2.75) is 6.42 Å². The maximum atomic E-state index is 12.8. The summed E-state index contributed by atoms with van der Waals surface area (Å²) >= 11 is 3.30. The van der Waals surface area contributed by atoms with Crippen LogP contribution in [-0.4, -0.2) is 53.0 Å². The quantitative estimate of drug-likeness (QED) is 0.361. The molecule has 0 radical (unpaired) electrons. The SMILES string of the molecule is COc1cc2cc3c4c(cc(OC)c(OC)c4c2cc1OC)CCN3C(=O)OCCBr. The summed E-state index contributed by atoms with van der Waals surface area (Å²) in [5, 5.41) is 4.20. The van der Waals surface area contributed by atoms with Crippen LogP contribution in [0.2, 0.25) is 0 Å². The van der Waals surface area contributed by atoms with Crippen LogP contribution in [0.25, 0.3) is 21.5 Å². The summed E-state index contributed by atoms with van der Waals surface area (Å²) in [5.74, 6) is 2.47. The topological polar surface area (TPSA) is 66.5 Å². The highest BCUT2D eigenvalue weighted by molar-refractivity contribution is 9.09. The Kier molecular flexibility index (Phi) is 6.00. The Bertz CT molecular complexity index is 1160. The van der Waals surface area contributed by atoms with Crippen molar-refractivity contribution in [3.05, 3.63) is 29.8 Å². The van der Waals surface area contributed by atoms with Gasteiger partial charge in [0.25, 0.3) is 0 Å². The number of fused-ring (bicyclic) bond motifs is 2. The van der Waals surface area contributed by atoms with Crippen molar-refractivity contribution in [1.82, 2.24) is 0 Å². The molecule has 0 bridgehead atoms.